The first kappa shape index (κ1) is 23.3. The summed E-state index contributed by atoms with van der Waals surface area (Å²) in [5.41, 5.74) is 8.09. The lowest BCUT2D eigenvalue weighted by atomic mass is 9.93. The van der Waals surface area contributed by atoms with Gasteiger partial charge in [0, 0.05) is 64.7 Å². The Morgan fingerprint density at radius 1 is 1.31 bits per heavy atom. The summed E-state index contributed by atoms with van der Waals surface area (Å²) < 4.78 is 5.71. The Bertz CT molecular complexity index is 667. The fourth-order valence-corrected chi connectivity index (χ4v) is 3.75. The Morgan fingerprint density at radius 2 is 2.03 bits per heavy atom. The van der Waals surface area contributed by atoms with E-state index in [-0.39, 0.29) is 17.9 Å². The molecular formula is C23H36N4O2. The van der Waals surface area contributed by atoms with Crippen LogP contribution in [0.25, 0.3) is 0 Å². The number of nitrogens with two attached hydrogens (primary N) is 1. The molecule has 2 rings (SSSR count). The predicted octanol–water partition coefficient (Wildman–Crippen LogP) is 2.62. The molecule has 2 N–H and O–H groups in total. The Hall–Kier alpha value is -2.02. The summed E-state index contributed by atoms with van der Waals surface area (Å²) in [5.74, 6) is -0.449. The monoisotopic (exact) mass is 400 g/mol. The Morgan fingerprint density at radius 3 is 2.62 bits per heavy atom. The minimum Gasteiger partial charge on any atom is -0.380 e. The summed E-state index contributed by atoms with van der Waals surface area (Å²) >= 11 is 0. The Balaban J connectivity index is 1.82. The highest BCUT2D eigenvalue weighted by Crippen LogP contribution is 2.19. The van der Waals surface area contributed by atoms with Crippen LogP contribution in [0.4, 0.5) is 0 Å². The molecular weight excluding hydrogens is 364 g/mol. The number of nitrogens with zero attached hydrogens (tertiary/aromatic N) is 3. The summed E-state index contributed by atoms with van der Waals surface area (Å²) in [6, 6.07) is 4.11. The average molecular weight is 401 g/mol. The number of amides is 1. The maximum Gasteiger partial charge on any atom is 0.220 e. The quantitative estimate of drug-likeness (QED) is 0.578. The predicted molar refractivity (Wildman–Crippen MR) is 117 cm³/mol. The molecule has 1 aliphatic heterocycles. The molecule has 1 aliphatic rings. The van der Waals surface area contributed by atoms with Gasteiger partial charge in [0.25, 0.3) is 0 Å². The molecule has 29 heavy (non-hydrogen) atoms. The van der Waals surface area contributed by atoms with Crippen molar-refractivity contribution in [1.29, 1.82) is 0 Å². The molecule has 1 saturated heterocycles. The molecule has 1 amide bonds. The maximum absolute atomic E-state index is 12.0. The van der Waals surface area contributed by atoms with Crippen LogP contribution in [0.5, 0.6) is 0 Å². The maximum atomic E-state index is 12.0. The van der Waals surface area contributed by atoms with E-state index in [0.717, 1.165) is 44.8 Å². The molecule has 2 atom stereocenters. The number of hydrogen-bond acceptors (Lipinski definition) is 5. The summed E-state index contributed by atoms with van der Waals surface area (Å²) in [5, 5.41) is 0. The van der Waals surface area contributed by atoms with Gasteiger partial charge in [-0.15, -0.1) is 0 Å². The standard InChI is InChI=1S/C23H36N4O2/c1-4-5-7-19(2)14-21(23(24)28)15-22(29-3)18-27-12-10-26(11-13-27)17-20-8-6-9-25-16-20/h4-9,16,21-22H,10-15,17-18H2,1-3H3,(H2,24,28)/b5-4-,19-7+. The number of carbonyl (C=O) groups excluding carboxylic acids is 1. The van der Waals surface area contributed by atoms with Crippen LogP contribution in [0, 0.1) is 5.92 Å². The molecule has 0 bridgehead atoms. The summed E-state index contributed by atoms with van der Waals surface area (Å²) in [6.07, 6.45) is 11.1. The van der Waals surface area contributed by atoms with Gasteiger partial charge in [0.05, 0.1) is 6.10 Å². The number of piperazine rings is 1. The average Bonchev–Trinajstić information content (AvgIpc) is 2.73. The van der Waals surface area contributed by atoms with Crippen LogP contribution in [-0.4, -0.2) is 66.6 Å². The van der Waals surface area contributed by atoms with E-state index in [1.165, 1.54) is 5.56 Å². The zero-order valence-electron chi connectivity index (χ0n) is 18.1. The molecule has 0 saturated carbocycles. The number of aromatic nitrogens is 1. The molecule has 0 aromatic carbocycles. The molecule has 0 aliphatic carbocycles. The largest absolute Gasteiger partial charge is 0.380 e. The van der Waals surface area contributed by atoms with E-state index >= 15 is 0 Å². The zero-order valence-corrected chi connectivity index (χ0v) is 18.1. The lowest BCUT2D eigenvalue weighted by Crippen LogP contribution is -2.48. The van der Waals surface area contributed by atoms with Crippen LogP contribution in [0.1, 0.15) is 32.3 Å². The van der Waals surface area contributed by atoms with Gasteiger partial charge in [-0.05, 0) is 38.3 Å². The van der Waals surface area contributed by atoms with Crippen LogP contribution in [0.3, 0.4) is 0 Å². The fraction of sp³-hybridized carbons (Fsp3) is 0.565. The van der Waals surface area contributed by atoms with Crippen molar-refractivity contribution in [1.82, 2.24) is 14.8 Å². The van der Waals surface area contributed by atoms with Crippen LogP contribution in [0.2, 0.25) is 0 Å². The second kappa shape index (κ2) is 12.5. The number of rotatable bonds is 11. The first-order valence-corrected chi connectivity index (χ1v) is 10.5. The van der Waals surface area contributed by atoms with Gasteiger partial charge in [-0.3, -0.25) is 19.6 Å². The van der Waals surface area contributed by atoms with Crippen LogP contribution in [0.15, 0.2) is 48.3 Å². The fourth-order valence-electron chi connectivity index (χ4n) is 3.75. The second-order valence-electron chi connectivity index (χ2n) is 7.87. The normalized spacial score (nSPS) is 18.8. The van der Waals surface area contributed by atoms with Crippen molar-refractivity contribution in [3.8, 4) is 0 Å². The number of hydrogen-bond donors (Lipinski definition) is 1. The van der Waals surface area contributed by atoms with Crippen molar-refractivity contribution < 1.29 is 9.53 Å². The highest BCUT2D eigenvalue weighted by Gasteiger charge is 2.25. The van der Waals surface area contributed by atoms with Gasteiger partial charge in [0.15, 0.2) is 0 Å². The summed E-state index contributed by atoms with van der Waals surface area (Å²) in [4.78, 5) is 21.0. The van der Waals surface area contributed by atoms with E-state index in [4.69, 9.17) is 10.5 Å². The topological polar surface area (TPSA) is 71.7 Å². The third-order valence-electron chi connectivity index (χ3n) is 5.48. The first-order valence-electron chi connectivity index (χ1n) is 10.5. The van der Waals surface area contributed by atoms with E-state index in [1.807, 2.05) is 50.5 Å². The zero-order chi connectivity index (χ0) is 21.1. The summed E-state index contributed by atoms with van der Waals surface area (Å²) in [7, 11) is 1.73. The lowest BCUT2D eigenvalue weighted by Gasteiger charge is -2.36. The van der Waals surface area contributed by atoms with Crippen molar-refractivity contribution in [3.63, 3.8) is 0 Å². The molecule has 1 aromatic rings. The highest BCUT2D eigenvalue weighted by molar-refractivity contribution is 5.77. The number of primary amides is 1. The molecule has 0 spiro atoms. The van der Waals surface area contributed by atoms with E-state index < -0.39 is 0 Å². The number of pyridine rings is 1. The summed E-state index contributed by atoms with van der Waals surface area (Å²) in [6.45, 7) is 9.84. The van der Waals surface area contributed by atoms with Crippen molar-refractivity contribution >= 4 is 5.91 Å². The van der Waals surface area contributed by atoms with Gasteiger partial charge in [0.1, 0.15) is 0 Å². The van der Waals surface area contributed by atoms with E-state index in [1.54, 1.807) is 7.11 Å². The molecule has 1 fully saturated rings. The van der Waals surface area contributed by atoms with E-state index in [0.29, 0.717) is 12.8 Å². The van der Waals surface area contributed by atoms with Gasteiger partial charge in [-0.25, -0.2) is 0 Å². The molecule has 6 heteroatoms. The number of carbonyl (C=O) groups is 1. The third kappa shape index (κ3) is 8.48. The van der Waals surface area contributed by atoms with Gasteiger partial charge < -0.3 is 10.5 Å². The molecule has 6 nitrogen and oxygen atoms in total. The van der Waals surface area contributed by atoms with Gasteiger partial charge in [-0.1, -0.05) is 29.9 Å². The molecule has 1 aromatic heterocycles. The Kier molecular flexibility index (Phi) is 10.0. The number of methoxy groups -OCH3 is 1. The Labute approximate surface area is 175 Å². The van der Waals surface area contributed by atoms with E-state index in [2.05, 4.69) is 20.9 Å². The van der Waals surface area contributed by atoms with Crippen molar-refractivity contribution in [2.24, 2.45) is 11.7 Å². The van der Waals surface area contributed by atoms with Crippen LogP contribution in [-0.2, 0) is 16.1 Å². The minimum atomic E-state index is -0.249. The molecule has 2 heterocycles. The molecule has 0 radical (unpaired) electrons. The van der Waals surface area contributed by atoms with Crippen LogP contribution < -0.4 is 5.73 Å². The van der Waals surface area contributed by atoms with Gasteiger partial charge >= 0.3 is 0 Å². The highest BCUT2D eigenvalue weighted by atomic mass is 16.5. The van der Waals surface area contributed by atoms with Crippen molar-refractivity contribution in [2.75, 3.05) is 39.8 Å². The number of allylic oxidation sites excluding steroid dienone is 4. The first-order chi connectivity index (χ1) is 14.0. The number of ether oxygens (including phenoxy) is 1. The van der Waals surface area contributed by atoms with Gasteiger partial charge in [-0.2, -0.15) is 0 Å². The smallest absolute Gasteiger partial charge is 0.220 e. The lowest BCUT2D eigenvalue weighted by molar-refractivity contribution is -0.123. The molecule has 160 valence electrons. The van der Waals surface area contributed by atoms with E-state index in [9.17, 15) is 4.79 Å². The van der Waals surface area contributed by atoms with Crippen molar-refractivity contribution in [2.45, 2.75) is 39.3 Å². The van der Waals surface area contributed by atoms with Crippen LogP contribution >= 0.6 is 0 Å². The minimum absolute atomic E-state index is 0.00638. The second-order valence-corrected chi connectivity index (χ2v) is 7.87. The van der Waals surface area contributed by atoms with Crippen molar-refractivity contribution in [3.05, 3.63) is 53.9 Å². The van der Waals surface area contributed by atoms with Gasteiger partial charge in [0.2, 0.25) is 5.91 Å². The SMILES string of the molecule is C/C=C\C=C(/C)CC(CC(CN1CCN(Cc2cccnc2)CC1)OC)C(N)=O. The molecule has 2 unspecified atom stereocenters. The third-order valence-corrected chi connectivity index (χ3v) is 5.48.